The number of rotatable bonds is 5. The van der Waals surface area contributed by atoms with Crippen molar-refractivity contribution in [2.45, 2.75) is 33.6 Å². The van der Waals surface area contributed by atoms with Gasteiger partial charge in [-0.05, 0) is 49.9 Å². The lowest BCUT2D eigenvalue weighted by molar-refractivity contribution is -0.121. The number of hydrogen-bond acceptors (Lipinski definition) is 3. The molecule has 0 aliphatic carbocycles. The fraction of sp³-hybridized carbons (Fsp3) is 0.462. The third-order valence-electron chi connectivity index (χ3n) is 2.76. The topological polar surface area (TPSA) is 64.3 Å². The standard InChI is InChI=1S/C13H20N2O2/c1-9-7-11(3)12(8-10(9)2)17-6-4-5-13(16)15-14/h7-8H,4-6,14H2,1-3H3,(H,15,16). The van der Waals surface area contributed by atoms with Crippen molar-refractivity contribution >= 4 is 5.91 Å². The Morgan fingerprint density at radius 1 is 1.24 bits per heavy atom. The zero-order valence-electron chi connectivity index (χ0n) is 10.7. The highest BCUT2D eigenvalue weighted by molar-refractivity contribution is 5.75. The van der Waals surface area contributed by atoms with Crippen molar-refractivity contribution in [3.8, 4) is 5.75 Å². The van der Waals surface area contributed by atoms with Crippen molar-refractivity contribution in [2.24, 2.45) is 5.84 Å². The van der Waals surface area contributed by atoms with E-state index in [4.69, 9.17) is 10.6 Å². The average Bonchev–Trinajstić information content (AvgIpc) is 2.30. The number of benzene rings is 1. The summed E-state index contributed by atoms with van der Waals surface area (Å²) in [5.41, 5.74) is 5.69. The fourth-order valence-electron chi connectivity index (χ4n) is 1.58. The highest BCUT2D eigenvalue weighted by Crippen LogP contribution is 2.22. The number of hydrogen-bond donors (Lipinski definition) is 2. The number of nitrogens with two attached hydrogens (primary N) is 1. The molecular weight excluding hydrogens is 216 g/mol. The van der Waals surface area contributed by atoms with E-state index < -0.39 is 0 Å². The number of nitrogens with one attached hydrogen (secondary N) is 1. The Bertz CT molecular complexity index is 403. The largest absolute Gasteiger partial charge is 0.493 e. The summed E-state index contributed by atoms with van der Waals surface area (Å²) >= 11 is 0. The molecule has 0 saturated heterocycles. The normalized spacial score (nSPS) is 10.1. The summed E-state index contributed by atoms with van der Waals surface area (Å²) in [7, 11) is 0. The van der Waals surface area contributed by atoms with E-state index in [0.29, 0.717) is 19.4 Å². The monoisotopic (exact) mass is 236 g/mol. The van der Waals surface area contributed by atoms with E-state index >= 15 is 0 Å². The molecule has 0 heterocycles. The van der Waals surface area contributed by atoms with Gasteiger partial charge < -0.3 is 4.74 Å². The van der Waals surface area contributed by atoms with E-state index in [9.17, 15) is 4.79 Å². The minimum atomic E-state index is -0.162. The molecule has 94 valence electrons. The molecule has 0 aromatic heterocycles. The Hall–Kier alpha value is -1.55. The molecule has 0 aliphatic rings. The van der Waals surface area contributed by atoms with Crippen LogP contribution in [0.4, 0.5) is 0 Å². The molecule has 0 radical (unpaired) electrons. The molecule has 4 nitrogen and oxygen atoms in total. The summed E-state index contributed by atoms with van der Waals surface area (Å²) < 4.78 is 5.65. The predicted molar refractivity (Wildman–Crippen MR) is 67.7 cm³/mol. The van der Waals surface area contributed by atoms with E-state index in [1.54, 1.807) is 0 Å². The molecule has 0 spiro atoms. The van der Waals surface area contributed by atoms with Gasteiger partial charge in [0.1, 0.15) is 5.75 Å². The Morgan fingerprint density at radius 2 is 1.88 bits per heavy atom. The number of amides is 1. The minimum Gasteiger partial charge on any atom is -0.493 e. The molecular formula is C13H20N2O2. The molecule has 0 bridgehead atoms. The first-order chi connectivity index (χ1) is 8.04. The van der Waals surface area contributed by atoms with Crippen molar-refractivity contribution < 1.29 is 9.53 Å². The molecule has 3 N–H and O–H groups in total. The summed E-state index contributed by atoms with van der Waals surface area (Å²) in [6.07, 6.45) is 1.05. The molecule has 0 saturated carbocycles. The van der Waals surface area contributed by atoms with Gasteiger partial charge in [0.25, 0.3) is 0 Å². The Kier molecular flexibility index (Phi) is 4.97. The van der Waals surface area contributed by atoms with Crippen LogP contribution in [0.2, 0.25) is 0 Å². The van der Waals surface area contributed by atoms with Crippen molar-refractivity contribution in [1.29, 1.82) is 0 Å². The van der Waals surface area contributed by atoms with Gasteiger partial charge >= 0.3 is 0 Å². The molecule has 4 heteroatoms. The van der Waals surface area contributed by atoms with Gasteiger partial charge in [-0.25, -0.2) is 5.84 Å². The van der Waals surface area contributed by atoms with Crippen LogP contribution in [-0.2, 0) is 4.79 Å². The van der Waals surface area contributed by atoms with Crippen LogP contribution in [0.3, 0.4) is 0 Å². The highest BCUT2D eigenvalue weighted by Gasteiger charge is 2.03. The maximum atomic E-state index is 10.9. The van der Waals surface area contributed by atoms with Crippen LogP contribution >= 0.6 is 0 Å². The average molecular weight is 236 g/mol. The summed E-state index contributed by atoms with van der Waals surface area (Å²) in [5, 5.41) is 0. The smallest absolute Gasteiger partial charge is 0.234 e. The van der Waals surface area contributed by atoms with Crippen molar-refractivity contribution in [2.75, 3.05) is 6.61 Å². The van der Waals surface area contributed by atoms with Gasteiger partial charge in [-0.2, -0.15) is 0 Å². The lowest BCUT2D eigenvalue weighted by atomic mass is 10.1. The second kappa shape index (κ2) is 6.25. The molecule has 17 heavy (non-hydrogen) atoms. The Labute approximate surface area is 102 Å². The zero-order chi connectivity index (χ0) is 12.8. The third-order valence-corrected chi connectivity index (χ3v) is 2.76. The molecule has 1 amide bonds. The van der Waals surface area contributed by atoms with Crippen LogP contribution in [0.5, 0.6) is 5.75 Å². The van der Waals surface area contributed by atoms with Gasteiger partial charge in [0.2, 0.25) is 5.91 Å². The van der Waals surface area contributed by atoms with E-state index in [1.807, 2.05) is 13.0 Å². The van der Waals surface area contributed by atoms with Crippen LogP contribution in [0.1, 0.15) is 29.5 Å². The molecule has 0 unspecified atom stereocenters. The molecule has 1 aromatic rings. The second-order valence-corrected chi connectivity index (χ2v) is 4.22. The van der Waals surface area contributed by atoms with E-state index in [-0.39, 0.29) is 5.91 Å². The number of aryl methyl sites for hydroxylation is 3. The molecule has 1 aromatic carbocycles. The third kappa shape index (κ3) is 4.07. The SMILES string of the molecule is Cc1cc(C)c(OCCCC(=O)NN)cc1C. The summed E-state index contributed by atoms with van der Waals surface area (Å²) in [4.78, 5) is 10.9. The summed E-state index contributed by atoms with van der Waals surface area (Å²) in [6, 6.07) is 4.14. The minimum absolute atomic E-state index is 0.162. The van der Waals surface area contributed by atoms with Crippen LogP contribution in [0, 0.1) is 20.8 Å². The Balaban J connectivity index is 2.47. The first-order valence-corrected chi connectivity index (χ1v) is 5.74. The van der Waals surface area contributed by atoms with Crippen LogP contribution < -0.4 is 16.0 Å². The molecule has 0 aliphatic heterocycles. The second-order valence-electron chi connectivity index (χ2n) is 4.22. The molecule has 0 atom stereocenters. The first-order valence-electron chi connectivity index (χ1n) is 5.74. The summed E-state index contributed by atoms with van der Waals surface area (Å²) in [5.74, 6) is 5.71. The quantitative estimate of drug-likeness (QED) is 0.354. The van der Waals surface area contributed by atoms with E-state index in [2.05, 4.69) is 25.3 Å². The van der Waals surface area contributed by atoms with Crippen LogP contribution in [0.15, 0.2) is 12.1 Å². The van der Waals surface area contributed by atoms with Gasteiger partial charge in [0, 0.05) is 6.42 Å². The first kappa shape index (κ1) is 13.5. The van der Waals surface area contributed by atoms with Gasteiger partial charge in [-0.15, -0.1) is 0 Å². The molecule has 1 rings (SSSR count). The van der Waals surface area contributed by atoms with Crippen molar-refractivity contribution in [3.05, 3.63) is 28.8 Å². The van der Waals surface area contributed by atoms with Crippen LogP contribution in [-0.4, -0.2) is 12.5 Å². The molecule has 0 fully saturated rings. The van der Waals surface area contributed by atoms with Crippen molar-refractivity contribution in [1.82, 2.24) is 5.43 Å². The Morgan fingerprint density at radius 3 is 2.53 bits per heavy atom. The van der Waals surface area contributed by atoms with Gasteiger partial charge in [0.05, 0.1) is 6.61 Å². The zero-order valence-corrected chi connectivity index (χ0v) is 10.7. The maximum absolute atomic E-state index is 10.9. The lowest BCUT2D eigenvalue weighted by Gasteiger charge is -2.11. The lowest BCUT2D eigenvalue weighted by Crippen LogP contribution is -2.29. The van der Waals surface area contributed by atoms with Gasteiger partial charge in [-0.1, -0.05) is 6.07 Å². The van der Waals surface area contributed by atoms with Crippen molar-refractivity contribution in [3.63, 3.8) is 0 Å². The maximum Gasteiger partial charge on any atom is 0.234 e. The van der Waals surface area contributed by atoms with E-state index in [0.717, 1.165) is 11.3 Å². The van der Waals surface area contributed by atoms with Gasteiger partial charge in [-0.3, -0.25) is 10.2 Å². The highest BCUT2D eigenvalue weighted by atomic mass is 16.5. The van der Waals surface area contributed by atoms with Crippen LogP contribution in [0.25, 0.3) is 0 Å². The number of carbonyl (C=O) groups is 1. The fourth-order valence-corrected chi connectivity index (χ4v) is 1.58. The van der Waals surface area contributed by atoms with Gasteiger partial charge in [0.15, 0.2) is 0 Å². The predicted octanol–water partition coefficient (Wildman–Crippen LogP) is 1.76. The van der Waals surface area contributed by atoms with E-state index in [1.165, 1.54) is 11.1 Å². The summed E-state index contributed by atoms with van der Waals surface area (Å²) in [6.45, 7) is 6.69. The number of carbonyl (C=O) groups excluding carboxylic acids is 1. The number of ether oxygens (including phenoxy) is 1. The number of hydrazine groups is 1.